The second-order valence-corrected chi connectivity index (χ2v) is 6.29. The summed E-state index contributed by atoms with van der Waals surface area (Å²) in [4.78, 5) is 15.4. The van der Waals surface area contributed by atoms with E-state index in [-0.39, 0.29) is 0 Å². The van der Waals surface area contributed by atoms with Crippen LogP contribution in [0.5, 0.6) is 0 Å². The number of hydrogen-bond acceptors (Lipinski definition) is 5. The van der Waals surface area contributed by atoms with E-state index in [1.165, 1.54) is 0 Å². The molecule has 114 valence electrons. The van der Waals surface area contributed by atoms with E-state index in [0.717, 1.165) is 4.47 Å². The Morgan fingerprint density at radius 3 is 2.81 bits per heavy atom. The van der Waals surface area contributed by atoms with Crippen LogP contribution in [-0.2, 0) is 4.74 Å². The van der Waals surface area contributed by atoms with Crippen molar-refractivity contribution in [2.75, 3.05) is 18.4 Å². The van der Waals surface area contributed by atoms with Gasteiger partial charge in [-0.2, -0.15) is 5.26 Å². The Bertz CT molecular complexity index is 535. The van der Waals surface area contributed by atoms with Crippen molar-refractivity contribution in [3.63, 3.8) is 0 Å². The Morgan fingerprint density at radius 2 is 2.19 bits per heavy atom. The lowest BCUT2D eigenvalue weighted by Crippen LogP contribution is -2.33. The van der Waals surface area contributed by atoms with E-state index in [1.807, 2.05) is 26.8 Å². The van der Waals surface area contributed by atoms with Crippen molar-refractivity contribution >= 4 is 27.7 Å². The topological polar surface area (TPSA) is 87.0 Å². The van der Waals surface area contributed by atoms with Crippen molar-refractivity contribution in [1.29, 1.82) is 5.26 Å². The van der Waals surface area contributed by atoms with Crippen LogP contribution in [0.4, 0.5) is 10.5 Å². The molecule has 6 nitrogen and oxygen atoms in total. The first kappa shape index (κ1) is 17.2. The number of hydrogen-bond donors (Lipinski definition) is 2. The van der Waals surface area contributed by atoms with Crippen molar-refractivity contribution in [2.24, 2.45) is 0 Å². The lowest BCUT2D eigenvalue weighted by molar-refractivity contribution is 0.0528. The van der Waals surface area contributed by atoms with Gasteiger partial charge in [0.15, 0.2) is 5.69 Å². The van der Waals surface area contributed by atoms with Crippen molar-refractivity contribution < 1.29 is 9.53 Å². The van der Waals surface area contributed by atoms with Crippen molar-refractivity contribution in [2.45, 2.75) is 32.8 Å². The molecule has 7 heteroatoms. The fourth-order valence-electron chi connectivity index (χ4n) is 1.48. The van der Waals surface area contributed by atoms with E-state index in [2.05, 4.69) is 31.5 Å². The second kappa shape index (κ2) is 7.84. The highest BCUT2D eigenvalue weighted by molar-refractivity contribution is 9.10. The molecule has 0 saturated heterocycles. The summed E-state index contributed by atoms with van der Waals surface area (Å²) >= 11 is 3.31. The number of carbonyl (C=O) groups is 1. The lowest BCUT2D eigenvalue weighted by Gasteiger charge is -2.19. The van der Waals surface area contributed by atoms with Gasteiger partial charge in [-0.15, -0.1) is 0 Å². The van der Waals surface area contributed by atoms with Crippen molar-refractivity contribution in [3.8, 4) is 6.07 Å². The molecule has 0 aliphatic rings. The lowest BCUT2D eigenvalue weighted by atomic mass is 10.2. The van der Waals surface area contributed by atoms with Gasteiger partial charge in [-0.3, -0.25) is 0 Å². The molecule has 0 radical (unpaired) electrons. The molecule has 0 spiro atoms. The highest BCUT2D eigenvalue weighted by Gasteiger charge is 2.15. The Labute approximate surface area is 133 Å². The van der Waals surface area contributed by atoms with Crippen LogP contribution in [0.1, 0.15) is 32.9 Å². The van der Waals surface area contributed by atoms with Crippen molar-refractivity contribution in [3.05, 3.63) is 22.4 Å². The molecule has 21 heavy (non-hydrogen) atoms. The molecule has 0 unspecified atom stereocenters. The average molecular weight is 355 g/mol. The van der Waals surface area contributed by atoms with Crippen LogP contribution in [-0.4, -0.2) is 29.8 Å². The highest BCUT2D eigenvalue weighted by atomic mass is 79.9. The van der Waals surface area contributed by atoms with E-state index < -0.39 is 11.7 Å². The summed E-state index contributed by atoms with van der Waals surface area (Å²) < 4.78 is 5.93. The van der Waals surface area contributed by atoms with E-state index >= 15 is 0 Å². The van der Waals surface area contributed by atoms with Gasteiger partial charge in [0, 0.05) is 23.8 Å². The van der Waals surface area contributed by atoms with Crippen LogP contribution in [0.15, 0.2) is 16.7 Å². The number of alkyl carbamates (subject to hydrolysis) is 1. The van der Waals surface area contributed by atoms with Crippen molar-refractivity contribution in [1.82, 2.24) is 10.3 Å². The van der Waals surface area contributed by atoms with Gasteiger partial charge in [0.05, 0.1) is 5.69 Å². The number of nitrogens with zero attached hydrogens (tertiary/aromatic N) is 2. The number of carbonyl (C=O) groups excluding carboxylic acids is 1. The normalized spacial score (nSPS) is 10.6. The minimum Gasteiger partial charge on any atom is -0.444 e. The molecule has 1 amide bonds. The fourth-order valence-corrected chi connectivity index (χ4v) is 1.81. The molecule has 2 N–H and O–H groups in total. The molecule has 0 bridgehead atoms. The third-order valence-corrected chi connectivity index (χ3v) is 2.73. The predicted molar refractivity (Wildman–Crippen MR) is 84.0 cm³/mol. The number of halogens is 1. The first-order valence-electron chi connectivity index (χ1n) is 6.58. The number of amides is 1. The molecule has 1 rings (SSSR count). The van der Waals surface area contributed by atoms with Gasteiger partial charge in [0.1, 0.15) is 11.7 Å². The number of nitrogens with one attached hydrogen (secondary N) is 2. The first-order valence-corrected chi connectivity index (χ1v) is 7.37. The Balaban J connectivity index is 2.31. The van der Waals surface area contributed by atoms with Crippen LogP contribution >= 0.6 is 15.9 Å². The summed E-state index contributed by atoms with van der Waals surface area (Å²) in [5.74, 6) is 0. The average Bonchev–Trinajstić information content (AvgIpc) is 2.36. The standard InChI is InChI=1S/C14H19BrN4O2/c1-14(2,3)21-13(20)18-6-4-5-17-11-7-10(15)9-19-12(11)8-16/h7,9,17H,4-6H2,1-3H3,(H,18,20). The second-order valence-electron chi connectivity index (χ2n) is 5.37. The van der Waals surface area contributed by atoms with Gasteiger partial charge in [-0.1, -0.05) is 0 Å². The number of pyridine rings is 1. The monoisotopic (exact) mass is 354 g/mol. The highest BCUT2D eigenvalue weighted by Crippen LogP contribution is 2.18. The van der Waals surface area contributed by atoms with Gasteiger partial charge in [-0.05, 0) is 49.2 Å². The number of ether oxygens (including phenoxy) is 1. The Morgan fingerprint density at radius 1 is 1.48 bits per heavy atom. The van der Waals surface area contributed by atoms with E-state index in [0.29, 0.717) is 30.9 Å². The van der Waals surface area contributed by atoms with Crippen LogP contribution < -0.4 is 10.6 Å². The zero-order chi connectivity index (χ0) is 15.9. The van der Waals surface area contributed by atoms with Gasteiger partial charge < -0.3 is 15.4 Å². The molecule has 1 heterocycles. The largest absolute Gasteiger partial charge is 0.444 e. The third kappa shape index (κ3) is 6.95. The zero-order valence-corrected chi connectivity index (χ0v) is 14.0. The minimum atomic E-state index is -0.494. The maximum Gasteiger partial charge on any atom is 0.407 e. The summed E-state index contributed by atoms with van der Waals surface area (Å²) in [6, 6.07) is 3.82. The van der Waals surface area contributed by atoms with Gasteiger partial charge in [0.25, 0.3) is 0 Å². The van der Waals surface area contributed by atoms with E-state index in [4.69, 9.17) is 10.00 Å². The fraction of sp³-hybridized carbons (Fsp3) is 0.500. The molecule has 0 aliphatic carbocycles. The van der Waals surface area contributed by atoms with Gasteiger partial charge >= 0.3 is 6.09 Å². The minimum absolute atomic E-state index is 0.346. The quantitative estimate of drug-likeness (QED) is 0.793. The van der Waals surface area contributed by atoms with Crippen LogP contribution in [0.25, 0.3) is 0 Å². The first-order chi connectivity index (χ1) is 9.81. The number of nitriles is 1. The number of aromatic nitrogens is 1. The van der Waals surface area contributed by atoms with Crippen LogP contribution in [0.3, 0.4) is 0 Å². The van der Waals surface area contributed by atoms with Crippen LogP contribution in [0, 0.1) is 11.3 Å². The molecular weight excluding hydrogens is 336 g/mol. The zero-order valence-electron chi connectivity index (χ0n) is 12.4. The third-order valence-electron chi connectivity index (χ3n) is 2.30. The van der Waals surface area contributed by atoms with E-state index in [1.54, 1.807) is 12.3 Å². The molecule has 0 saturated carbocycles. The summed E-state index contributed by atoms with van der Waals surface area (Å²) in [5, 5.41) is 14.7. The molecule has 1 aromatic rings. The molecule has 0 fully saturated rings. The molecule has 0 atom stereocenters. The summed E-state index contributed by atoms with van der Waals surface area (Å²) in [6.07, 6.45) is 1.86. The summed E-state index contributed by atoms with van der Waals surface area (Å²) in [5.41, 5.74) is 0.522. The molecular formula is C14H19BrN4O2. The number of rotatable bonds is 5. The SMILES string of the molecule is CC(C)(C)OC(=O)NCCCNc1cc(Br)cnc1C#N. The summed E-state index contributed by atoms with van der Waals surface area (Å²) in [7, 11) is 0. The molecule has 0 aromatic carbocycles. The predicted octanol–water partition coefficient (Wildman–Crippen LogP) is 3.04. The summed E-state index contributed by atoms with van der Waals surface area (Å²) in [6.45, 7) is 6.56. The molecule has 1 aromatic heterocycles. The maximum absolute atomic E-state index is 11.4. The Kier molecular flexibility index (Phi) is 6.43. The van der Waals surface area contributed by atoms with Crippen LogP contribution in [0.2, 0.25) is 0 Å². The smallest absolute Gasteiger partial charge is 0.407 e. The van der Waals surface area contributed by atoms with Gasteiger partial charge in [0.2, 0.25) is 0 Å². The maximum atomic E-state index is 11.4. The number of anilines is 1. The Hall–Kier alpha value is -1.81. The van der Waals surface area contributed by atoms with Gasteiger partial charge in [-0.25, -0.2) is 9.78 Å². The van der Waals surface area contributed by atoms with E-state index in [9.17, 15) is 4.79 Å². The molecule has 0 aliphatic heterocycles.